The fraction of sp³-hybridized carbons (Fsp3) is 0.478. The summed E-state index contributed by atoms with van der Waals surface area (Å²) in [6, 6.07) is 12.0. The first-order chi connectivity index (χ1) is 11.9. The molecule has 0 aromatic heterocycles. The Morgan fingerprint density at radius 3 is 1.48 bits per heavy atom. The van der Waals surface area contributed by atoms with Crippen molar-refractivity contribution in [2.24, 2.45) is 0 Å². The molecule has 0 spiro atoms. The van der Waals surface area contributed by atoms with Crippen LogP contribution in [0, 0.1) is 0 Å². The van der Waals surface area contributed by atoms with Crippen LogP contribution in [0.15, 0.2) is 36.4 Å². The predicted octanol–water partition coefficient (Wildman–Crippen LogP) is 6.11. The summed E-state index contributed by atoms with van der Waals surface area (Å²) >= 11 is 0. The number of phenols is 2. The minimum atomic E-state index is -0.177. The van der Waals surface area contributed by atoms with Crippen molar-refractivity contribution in [3.8, 4) is 11.5 Å². The Bertz CT molecular complexity index is 642. The van der Waals surface area contributed by atoms with Gasteiger partial charge in [-0.25, -0.2) is 0 Å². The SMILES string of the molecule is CCCCc1cc(C(C)(C)c2ccc(O)c(CCCC)c2)ccc1O. The quantitative estimate of drug-likeness (QED) is 0.608. The third-order valence-corrected chi connectivity index (χ3v) is 5.20. The topological polar surface area (TPSA) is 40.5 Å². The lowest BCUT2D eigenvalue weighted by molar-refractivity contribution is 0.465. The summed E-state index contributed by atoms with van der Waals surface area (Å²) in [5.41, 5.74) is 4.27. The van der Waals surface area contributed by atoms with Crippen LogP contribution >= 0.6 is 0 Å². The number of benzene rings is 2. The summed E-state index contributed by atoms with van der Waals surface area (Å²) in [6.07, 6.45) is 6.21. The summed E-state index contributed by atoms with van der Waals surface area (Å²) in [5.74, 6) is 0.782. The van der Waals surface area contributed by atoms with Gasteiger partial charge in [0.1, 0.15) is 11.5 Å². The standard InChI is InChI=1S/C23H32O2/c1-5-7-9-17-15-19(11-13-21(17)24)23(3,4)20-12-14-22(25)18(16-20)10-8-6-2/h11-16,24-25H,5-10H2,1-4H3. The highest BCUT2D eigenvalue weighted by Gasteiger charge is 2.25. The molecule has 0 fully saturated rings. The van der Waals surface area contributed by atoms with Crippen molar-refractivity contribution in [1.29, 1.82) is 0 Å². The van der Waals surface area contributed by atoms with Gasteiger partial charge in [0, 0.05) is 5.41 Å². The van der Waals surface area contributed by atoms with Crippen LogP contribution in [-0.4, -0.2) is 10.2 Å². The van der Waals surface area contributed by atoms with Gasteiger partial charge in [0.25, 0.3) is 0 Å². The van der Waals surface area contributed by atoms with Crippen molar-refractivity contribution >= 4 is 0 Å². The Labute approximate surface area is 152 Å². The largest absolute Gasteiger partial charge is 0.508 e. The lowest BCUT2D eigenvalue weighted by atomic mass is 9.76. The van der Waals surface area contributed by atoms with Gasteiger partial charge in [-0.1, -0.05) is 64.8 Å². The lowest BCUT2D eigenvalue weighted by Crippen LogP contribution is -2.19. The molecule has 0 unspecified atom stereocenters. The molecule has 0 heterocycles. The van der Waals surface area contributed by atoms with Gasteiger partial charge >= 0.3 is 0 Å². The smallest absolute Gasteiger partial charge is 0.118 e. The van der Waals surface area contributed by atoms with Crippen LogP contribution in [0.5, 0.6) is 11.5 Å². The van der Waals surface area contributed by atoms with E-state index in [1.807, 2.05) is 24.3 Å². The number of phenolic OH excluding ortho intramolecular Hbond substituents is 2. The van der Waals surface area contributed by atoms with Gasteiger partial charge in [0.05, 0.1) is 0 Å². The molecule has 0 atom stereocenters. The molecule has 0 amide bonds. The highest BCUT2D eigenvalue weighted by Crippen LogP contribution is 2.36. The second-order valence-corrected chi connectivity index (χ2v) is 7.52. The Balaban J connectivity index is 2.37. The first-order valence-corrected chi connectivity index (χ1v) is 9.54. The fourth-order valence-electron chi connectivity index (χ4n) is 3.25. The van der Waals surface area contributed by atoms with Crippen LogP contribution in [0.2, 0.25) is 0 Å². The molecule has 2 aromatic carbocycles. The predicted molar refractivity (Wildman–Crippen MR) is 106 cm³/mol. The maximum Gasteiger partial charge on any atom is 0.118 e. The number of aryl methyl sites for hydroxylation is 2. The van der Waals surface area contributed by atoms with E-state index in [2.05, 4.69) is 39.8 Å². The summed E-state index contributed by atoms with van der Waals surface area (Å²) < 4.78 is 0. The average molecular weight is 341 g/mol. The number of hydrogen-bond acceptors (Lipinski definition) is 2. The molecule has 0 aliphatic carbocycles. The Morgan fingerprint density at radius 1 is 0.720 bits per heavy atom. The Kier molecular flexibility index (Phi) is 6.52. The van der Waals surface area contributed by atoms with Crippen molar-refractivity contribution in [2.45, 2.75) is 71.6 Å². The van der Waals surface area contributed by atoms with Crippen molar-refractivity contribution in [3.63, 3.8) is 0 Å². The highest BCUT2D eigenvalue weighted by molar-refractivity contribution is 5.47. The van der Waals surface area contributed by atoms with Gasteiger partial charge < -0.3 is 10.2 Å². The van der Waals surface area contributed by atoms with Gasteiger partial charge in [-0.3, -0.25) is 0 Å². The molecule has 2 heteroatoms. The van der Waals surface area contributed by atoms with Crippen LogP contribution in [0.3, 0.4) is 0 Å². The average Bonchev–Trinajstić information content (AvgIpc) is 2.60. The van der Waals surface area contributed by atoms with Gasteiger partial charge in [-0.15, -0.1) is 0 Å². The zero-order valence-corrected chi connectivity index (χ0v) is 16.1. The normalized spacial score (nSPS) is 11.7. The summed E-state index contributed by atoms with van der Waals surface area (Å²) in [4.78, 5) is 0. The first kappa shape index (κ1) is 19.4. The monoisotopic (exact) mass is 340 g/mol. The van der Waals surface area contributed by atoms with E-state index in [1.165, 1.54) is 11.1 Å². The van der Waals surface area contributed by atoms with E-state index < -0.39 is 0 Å². The molecular formula is C23H32O2. The first-order valence-electron chi connectivity index (χ1n) is 9.54. The van der Waals surface area contributed by atoms with Crippen LogP contribution in [0.1, 0.15) is 75.6 Å². The van der Waals surface area contributed by atoms with Crippen molar-refractivity contribution in [1.82, 2.24) is 0 Å². The zero-order valence-electron chi connectivity index (χ0n) is 16.1. The maximum atomic E-state index is 10.1. The molecule has 0 aliphatic rings. The van der Waals surface area contributed by atoms with E-state index in [0.29, 0.717) is 11.5 Å². The number of rotatable bonds is 8. The van der Waals surface area contributed by atoms with Crippen molar-refractivity contribution in [2.75, 3.05) is 0 Å². The molecule has 2 rings (SSSR count). The maximum absolute atomic E-state index is 10.1. The van der Waals surface area contributed by atoms with E-state index in [-0.39, 0.29) is 5.41 Å². The van der Waals surface area contributed by atoms with Crippen LogP contribution in [-0.2, 0) is 18.3 Å². The molecule has 2 nitrogen and oxygen atoms in total. The second-order valence-electron chi connectivity index (χ2n) is 7.52. The van der Waals surface area contributed by atoms with Gasteiger partial charge in [0.15, 0.2) is 0 Å². The molecule has 2 aromatic rings. The van der Waals surface area contributed by atoms with E-state index in [1.54, 1.807) is 0 Å². The number of hydrogen-bond donors (Lipinski definition) is 2. The molecule has 0 saturated heterocycles. The molecule has 0 radical (unpaired) electrons. The van der Waals surface area contributed by atoms with Gasteiger partial charge in [-0.2, -0.15) is 0 Å². The van der Waals surface area contributed by atoms with Gasteiger partial charge in [0.2, 0.25) is 0 Å². The molecule has 136 valence electrons. The van der Waals surface area contributed by atoms with E-state index in [0.717, 1.165) is 49.7 Å². The van der Waals surface area contributed by atoms with Crippen molar-refractivity contribution < 1.29 is 10.2 Å². The zero-order chi connectivity index (χ0) is 18.4. The molecule has 25 heavy (non-hydrogen) atoms. The highest BCUT2D eigenvalue weighted by atomic mass is 16.3. The van der Waals surface area contributed by atoms with Crippen LogP contribution < -0.4 is 0 Å². The molecule has 0 bridgehead atoms. The van der Waals surface area contributed by atoms with Crippen LogP contribution in [0.25, 0.3) is 0 Å². The molecule has 0 aliphatic heterocycles. The minimum Gasteiger partial charge on any atom is -0.508 e. The third-order valence-electron chi connectivity index (χ3n) is 5.20. The van der Waals surface area contributed by atoms with Crippen molar-refractivity contribution in [3.05, 3.63) is 58.7 Å². The summed E-state index contributed by atoms with van der Waals surface area (Å²) in [7, 11) is 0. The lowest BCUT2D eigenvalue weighted by Gasteiger charge is -2.28. The second kappa shape index (κ2) is 8.42. The van der Waals surface area contributed by atoms with Crippen LogP contribution in [0.4, 0.5) is 0 Å². The number of aromatic hydroxyl groups is 2. The minimum absolute atomic E-state index is 0.177. The molecule has 2 N–H and O–H groups in total. The van der Waals surface area contributed by atoms with E-state index in [4.69, 9.17) is 0 Å². The fourth-order valence-corrected chi connectivity index (χ4v) is 3.25. The van der Waals surface area contributed by atoms with Gasteiger partial charge in [-0.05, 0) is 60.1 Å². The molecule has 0 saturated carbocycles. The van der Waals surface area contributed by atoms with E-state index in [9.17, 15) is 10.2 Å². The third kappa shape index (κ3) is 4.56. The number of unbranched alkanes of at least 4 members (excludes halogenated alkanes) is 2. The Morgan fingerprint density at radius 2 is 1.12 bits per heavy atom. The summed E-state index contributed by atoms with van der Waals surface area (Å²) in [5, 5.41) is 20.3. The van der Waals surface area contributed by atoms with E-state index >= 15 is 0 Å². The molecular weight excluding hydrogens is 308 g/mol. The Hall–Kier alpha value is -1.96. The summed E-state index contributed by atoms with van der Waals surface area (Å²) in [6.45, 7) is 8.75.